The van der Waals surface area contributed by atoms with Gasteiger partial charge >= 0.3 is 6.03 Å². The molecule has 2 spiro atoms. The number of aliphatic imine (C=N–C) groups is 1. The molecule has 2 heterocycles. The van der Waals surface area contributed by atoms with Crippen LogP contribution in [0.3, 0.4) is 0 Å². The van der Waals surface area contributed by atoms with Gasteiger partial charge in [-0.3, -0.25) is 0 Å². The average Bonchev–Trinajstić information content (AvgIpc) is 2.80. The zero-order valence-electron chi connectivity index (χ0n) is 8.99. The molecule has 2 aliphatic heterocycles. The number of hydrogen-bond donors (Lipinski definition) is 2. The molecule has 1 saturated heterocycles. The van der Waals surface area contributed by atoms with Gasteiger partial charge in [0.15, 0.2) is 5.79 Å². The second kappa shape index (κ2) is 3.18. The third-order valence-electron chi connectivity index (χ3n) is 3.74. The number of rotatable bonds is 0. The number of amides is 2. The van der Waals surface area contributed by atoms with Gasteiger partial charge in [0.25, 0.3) is 0 Å². The Morgan fingerprint density at radius 1 is 1.19 bits per heavy atom. The van der Waals surface area contributed by atoms with Crippen LogP contribution < -0.4 is 11.1 Å². The highest BCUT2D eigenvalue weighted by Gasteiger charge is 2.50. The first-order chi connectivity index (χ1) is 7.64. The minimum atomic E-state index is -0.447. The molecule has 3 N–H and O–H groups in total. The Kier molecular flexibility index (Phi) is 1.99. The van der Waals surface area contributed by atoms with Crippen LogP contribution in [0.2, 0.25) is 0 Å². The number of urea groups is 1. The lowest BCUT2D eigenvalue weighted by Crippen LogP contribution is -2.56. The molecule has 6 nitrogen and oxygen atoms in total. The molecule has 2 amide bonds. The van der Waals surface area contributed by atoms with Gasteiger partial charge in [-0.1, -0.05) is 0 Å². The van der Waals surface area contributed by atoms with Crippen molar-refractivity contribution in [3.8, 4) is 0 Å². The van der Waals surface area contributed by atoms with Crippen molar-refractivity contribution in [1.82, 2.24) is 5.32 Å². The third-order valence-corrected chi connectivity index (χ3v) is 3.74. The maximum atomic E-state index is 11.2. The van der Waals surface area contributed by atoms with Crippen LogP contribution in [0.5, 0.6) is 0 Å². The zero-order chi connectivity index (χ0) is 11.2. The second-order valence-corrected chi connectivity index (χ2v) is 4.62. The standard InChI is InChI=1S/C10H15N3O3/c11-7-9(13-8(14)12-7)1-3-10(4-2-9)15-5-6-16-10/h1-6H2,(H3,11,12,13,14). The average molecular weight is 225 g/mol. The fourth-order valence-electron chi connectivity index (χ4n) is 2.74. The van der Waals surface area contributed by atoms with Gasteiger partial charge in [0.2, 0.25) is 0 Å². The Morgan fingerprint density at radius 2 is 1.81 bits per heavy atom. The van der Waals surface area contributed by atoms with E-state index in [4.69, 9.17) is 15.2 Å². The normalized spacial score (nSPS) is 30.8. The lowest BCUT2D eigenvalue weighted by molar-refractivity contribution is -0.181. The van der Waals surface area contributed by atoms with E-state index >= 15 is 0 Å². The van der Waals surface area contributed by atoms with Crippen LogP contribution in [-0.4, -0.2) is 36.4 Å². The van der Waals surface area contributed by atoms with Crippen LogP contribution in [0.25, 0.3) is 0 Å². The van der Waals surface area contributed by atoms with Gasteiger partial charge in [-0.25, -0.2) is 4.79 Å². The van der Waals surface area contributed by atoms with Crippen molar-refractivity contribution in [2.24, 2.45) is 10.7 Å². The minimum Gasteiger partial charge on any atom is -0.385 e. The van der Waals surface area contributed by atoms with Crippen LogP contribution >= 0.6 is 0 Å². The summed E-state index contributed by atoms with van der Waals surface area (Å²) in [5.74, 6) is -0.0240. The number of carbonyl (C=O) groups excluding carboxylic acids is 1. The summed E-state index contributed by atoms with van der Waals surface area (Å²) in [7, 11) is 0. The summed E-state index contributed by atoms with van der Waals surface area (Å²) in [6, 6.07) is -0.332. The number of ether oxygens (including phenoxy) is 2. The molecule has 0 bridgehead atoms. The SMILES string of the molecule is NC1=NC(=O)NC12CCC1(CC2)OCCO1. The lowest BCUT2D eigenvalue weighted by Gasteiger charge is -2.40. The Bertz CT molecular complexity index is 350. The van der Waals surface area contributed by atoms with Crippen LogP contribution in [0.4, 0.5) is 4.79 Å². The maximum absolute atomic E-state index is 11.2. The quantitative estimate of drug-likeness (QED) is 0.613. The molecule has 88 valence electrons. The largest absolute Gasteiger partial charge is 0.385 e. The van der Waals surface area contributed by atoms with E-state index in [1.807, 2.05) is 0 Å². The highest BCUT2D eigenvalue weighted by atomic mass is 16.7. The lowest BCUT2D eigenvalue weighted by atomic mass is 9.78. The molecule has 2 fully saturated rings. The maximum Gasteiger partial charge on any atom is 0.343 e. The Hall–Kier alpha value is -1.14. The van der Waals surface area contributed by atoms with Gasteiger partial charge in [-0.15, -0.1) is 0 Å². The molecule has 3 rings (SSSR count). The predicted molar refractivity (Wildman–Crippen MR) is 56.0 cm³/mol. The Morgan fingerprint density at radius 3 is 2.31 bits per heavy atom. The van der Waals surface area contributed by atoms with Crippen molar-refractivity contribution in [2.45, 2.75) is 37.0 Å². The van der Waals surface area contributed by atoms with E-state index in [0.717, 1.165) is 25.7 Å². The topological polar surface area (TPSA) is 85.9 Å². The number of hydrogen-bond acceptors (Lipinski definition) is 4. The second-order valence-electron chi connectivity index (χ2n) is 4.62. The molecule has 0 aromatic rings. The van der Waals surface area contributed by atoms with Crippen molar-refractivity contribution in [3.63, 3.8) is 0 Å². The first-order valence-electron chi connectivity index (χ1n) is 5.59. The van der Waals surface area contributed by atoms with E-state index < -0.39 is 11.3 Å². The molecule has 0 radical (unpaired) electrons. The van der Waals surface area contributed by atoms with Crippen molar-refractivity contribution in [3.05, 3.63) is 0 Å². The third kappa shape index (κ3) is 1.33. The van der Waals surface area contributed by atoms with Crippen LogP contribution in [0.1, 0.15) is 25.7 Å². The molecule has 0 aromatic carbocycles. The summed E-state index contributed by atoms with van der Waals surface area (Å²) in [5.41, 5.74) is 5.36. The molecule has 6 heteroatoms. The van der Waals surface area contributed by atoms with E-state index in [0.29, 0.717) is 19.0 Å². The van der Waals surface area contributed by atoms with Crippen LogP contribution in [0, 0.1) is 0 Å². The number of amidine groups is 1. The fraction of sp³-hybridized carbons (Fsp3) is 0.800. The zero-order valence-corrected chi connectivity index (χ0v) is 8.99. The first-order valence-corrected chi connectivity index (χ1v) is 5.59. The fourth-order valence-corrected chi connectivity index (χ4v) is 2.74. The molecule has 0 atom stereocenters. The molecule has 16 heavy (non-hydrogen) atoms. The molecule has 0 aromatic heterocycles. The molecule has 3 aliphatic rings. The number of carbonyl (C=O) groups is 1. The van der Waals surface area contributed by atoms with E-state index in [1.54, 1.807) is 0 Å². The summed E-state index contributed by atoms with van der Waals surface area (Å²) in [6.07, 6.45) is 2.97. The summed E-state index contributed by atoms with van der Waals surface area (Å²) < 4.78 is 11.3. The number of nitrogens with one attached hydrogen (secondary N) is 1. The molecular formula is C10H15N3O3. The van der Waals surface area contributed by atoms with E-state index in [9.17, 15) is 4.79 Å². The first kappa shape index (κ1) is 10.0. The van der Waals surface area contributed by atoms with Crippen molar-refractivity contribution in [2.75, 3.05) is 13.2 Å². The summed E-state index contributed by atoms with van der Waals surface area (Å²) in [6.45, 7) is 1.31. The van der Waals surface area contributed by atoms with Crippen LogP contribution in [0.15, 0.2) is 4.99 Å². The van der Waals surface area contributed by atoms with E-state index in [-0.39, 0.29) is 6.03 Å². The van der Waals surface area contributed by atoms with Gasteiger partial charge in [0, 0.05) is 12.8 Å². The highest BCUT2D eigenvalue weighted by Crippen LogP contribution is 2.41. The Balaban J connectivity index is 1.75. The van der Waals surface area contributed by atoms with Gasteiger partial charge in [0.1, 0.15) is 5.84 Å². The number of nitrogens with two attached hydrogens (primary N) is 1. The smallest absolute Gasteiger partial charge is 0.343 e. The molecular weight excluding hydrogens is 210 g/mol. The van der Waals surface area contributed by atoms with Gasteiger partial charge in [-0.2, -0.15) is 4.99 Å². The monoisotopic (exact) mass is 225 g/mol. The summed E-state index contributed by atoms with van der Waals surface area (Å²) >= 11 is 0. The highest BCUT2D eigenvalue weighted by molar-refractivity contribution is 6.05. The molecule has 1 aliphatic carbocycles. The van der Waals surface area contributed by atoms with Gasteiger partial charge in [0.05, 0.1) is 18.8 Å². The van der Waals surface area contributed by atoms with Gasteiger partial charge < -0.3 is 20.5 Å². The number of nitrogens with zero attached hydrogens (tertiary/aromatic N) is 1. The summed E-state index contributed by atoms with van der Waals surface area (Å²) in [4.78, 5) is 14.9. The summed E-state index contributed by atoms with van der Waals surface area (Å²) in [5, 5.41) is 2.85. The van der Waals surface area contributed by atoms with Crippen LogP contribution in [-0.2, 0) is 9.47 Å². The van der Waals surface area contributed by atoms with Crippen molar-refractivity contribution in [1.29, 1.82) is 0 Å². The van der Waals surface area contributed by atoms with E-state index in [2.05, 4.69) is 10.3 Å². The van der Waals surface area contributed by atoms with E-state index in [1.165, 1.54) is 0 Å². The predicted octanol–water partition coefficient (Wildman–Crippen LogP) is 0.123. The molecule has 1 saturated carbocycles. The van der Waals surface area contributed by atoms with Gasteiger partial charge in [-0.05, 0) is 12.8 Å². The Labute approximate surface area is 93.2 Å². The van der Waals surface area contributed by atoms with Crippen molar-refractivity contribution >= 4 is 11.9 Å². The molecule has 0 unspecified atom stereocenters. The van der Waals surface area contributed by atoms with Crippen molar-refractivity contribution < 1.29 is 14.3 Å². The minimum absolute atomic E-state index is 0.332.